The first kappa shape index (κ1) is 34.0. The molecule has 2 heterocycles. The molecule has 0 spiro atoms. The van der Waals surface area contributed by atoms with Crippen LogP contribution in [0.15, 0.2) is 146 Å². The smallest absolute Gasteiger partial charge is 0.329 e. The number of anilines is 4. The number of hydrogen-bond acceptors (Lipinski definition) is 2. The number of fused-ring (bicyclic) bond motifs is 4. The second-order valence-corrected chi connectivity index (χ2v) is 14.1. The monoisotopic (exact) mass is 728 g/mol. The topological polar surface area (TPSA) is 6.48 Å². The van der Waals surface area contributed by atoms with Gasteiger partial charge in [-0.15, -0.1) is 0 Å². The second kappa shape index (κ2) is 13.0. The van der Waals surface area contributed by atoms with Gasteiger partial charge in [-0.2, -0.15) is 26.3 Å². The number of hydrogen-bond donors (Lipinski definition) is 0. The Morgan fingerprint density at radius 3 is 1.17 bits per heavy atom. The predicted molar refractivity (Wildman–Crippen MR) is 206 cm³/mol. The molecule has 0 aliphatic carbocycles. The lowest BCUT2D eigenvalue weighted by atomic mass is 9.85. The van der Waals surface area contributed by atoms with Gasteiger partial charge in [0.15, 0.2) is 0 Å². The summed E-state index contributed by atoms with van der Waals surface area (Å²) in [6.45, 7) is 0. The van der Waals surface area contributed by atoms with Crippen LogP contribution in [0, 0.1) is 0 Å². The van der Waals surface area contributed by atoms with Gasteiger partial charge in [-0.25, -0.2) is 0 Å². The summed E-state index contributed by atoms with van der Waals surface area (Å²) in [6.07, 6.45) is -8.44. The molecule has 0 N–H and O–H groups in total. The van der Waals surface area contributed by atoms with Crippen molar-refractivity contribution in [2.24, 2.45) is 0 Å². The molecule has 0 aromatic heterocycles. The summed E-state index contributed by atoms with van der Waals surface area (Å²) in [4.78, 5) is 2.85. The average molecular weight is 729 g/mol. The Balaban J connectivity index is 1.36. The lowest BCUT2D eigenvalue weighted by Crippen LogP contribution is -2.46. The summed E-state index contributed by atoms with van der Waals surface area (Å²) in [5, 5.41) is 3.07. The largest absolute Gasteiger partial charge is 0.409 e. The van der Waals surface area contributed by atoms with E-state index in [1.807, 2.05) is 109 Å². The third kappa shape index (κ3) is 5.75. The molecular weight excluding hydrogens is 695 g/mol. The third-order valence-electron chi connectivity index (χ3n) is 11.0. The van der Waals surface area contributed by atoms with Gasteiger partial charge in [-0.05, 0) is 117 Å². The highest BCUT2D eigenvalue weighted by Crippen LogP contribution is 2.50. The van der Waals surface area contributed by atoms with Gasteiger partial charge in [0.25, 0.3) is 0 Å². The first-order valence-electron chi connectivity index (χ1n) is 18.1. The molecule has 2 nitrogen and oxygen atoms in total. The van der Waals surface area contributed by atoms with Crippen molar-refractivity contribution in [3.05, 3.63) is 157 Å². The molecule has 2 aliphatic heterocycles. The van der Waals surface area contributed by atoms with E-state index in [0.717, 1.165) is 54.9 Å². The molecular formula is C46H34F6N2. The molecule has 8 heteroatoms. The summed E-state index contributed by atoms with van der Waals surface area (Å²) < 4.78 is 88.8. The molecule has 0 saturated heterocycles. The van der Waals surface area contributed by atoms with Gasteiger partial charge < -0.3 is 9.80 Å². The van der Waals surface area contributed by atoms with Gasteiger partial charge in [0.05, 0.1) is 0 Å². The molecule has 54 heavy (non-hydrogen) atoms. The van der Waals surface area contributed by atoms with E-state index in [9.17, 15) is 26.3 Å². The molecule has 2 atom stereocenters. The van der Waals surface area contributed by atoms with Crippen LogP contribution in [0.2, 0.25) is 0 Å². The maximum atomic E-state index is 14.8. The number of halogens is 6. The van der Waals surface area contributed by atoms with E-state index in [4.69, 9.17) is 0 Å². The quantitative estimate of drug-likeness (QED) is 0.132. The van der Waals surface area contributed by atoms with Gasteiger partial charge in [0.2, 0.25) is 0 Å². The van der Waals surface area contributed by atoms with Crippen LogP contribution in [0.25, 0.3) is 43.8 Å². The van der Waals surface area contributed by atoms with Crippen LogP contribution in [0.3, 0.4) is 0 Å². The molecule has 9 rings (SSSR count). The first-order chi connectivity index (χ1) is 26.1. The van der Waals surface area contributed by atoms with Gasteiger partial charge in [0, 0.05) is 22.7 Å². The van der Waals surface area contributed by atoms with Gasteiger partial charge in [-0.3, -0.25) is 0 Å². The number of aryl methyl sites for hydroxylation is 2. The van der Waals surface area contributed by atoms with Crippen LogP contribution in [0.5, 0.6) is 0 Å². The zero-order chi connectivity index (χ0) is 37.2. The van der Waals surface area contributed by atoms with Crippen LogP contribution in [-0.2, 0) is 12.8 Å². The maximum absolute atomic E-state index is 14.8. The summed E-state index contributed by atoms with van der Waals surface area (Å²) in [7, 11) is 0. The van der Waals surface area contributed by atoms with Crippen molar-refractivity contribution in [2.45, 2.75) is 50.1 Å². The molecule has 270 valence electrons. The fourth-order valence-corrected chi connectivity index (χ4v) is 8.69. The number of alkyl halides is 6. The molecule has 2 unspecified atom stereocenters. The van der Waals surface area contributed by atoms with Crippen molar-refractivity contribution in [2.75, 3.05) is 9.80 Å². The van der Waals surface area contributed by atoms with Crippen LogP contribution in [0.1, 0.15) is 24.0 Å². The SMILES string of the molecule is FC(F)(F)C1CCc2ccccc2N1c1ccc2c(-c3ccccc3)c3cc(N4c5ccccc5CCC4C(F)(F)F)ccc3c(-c3ccccc3)c2c1. The minimum absolute atomic E-state index is 0.0710. The number of rotatable bonds is 4. The maximum Gasteiger partial charge on any atom is 0.409 e. The van der Waals surface area contributed by atoms with E-state index >= 15 is 0 Å². The van der Waals surface area contributed by atoms with E-state index in [0.29, 0.717) is 35.6 Å². The molecule has 0 fully saturated rings. The van der Waals surface area contributed by atoms with Crippen molar-refractivity contribution in [1.29, 1.82) is 0 Å². The van der Waals surface area contributed by atoms with E-state index in [1.54, 1.807) is 36.4 Å². The van der Waals surface area contributed by atoms with E-state index in [2.05, 4.69) is 0 Å². The highest BCUT2D eigenvalue weighted by molar-refractivity contribution is 6.22. The Morgan fingerprint density at radius 2 is 0.778 bits per heavy atom. The summed E-state index contributed by atoms with van der Waals surface area (Å²) in [5.74, 6) is 0. The molecule has 0 amide bonds. The third-order valence-corrected chi connectivity index (χ3v) is 11.0. The Labute approximate surface area is 308 Å². The molecule has 0 bridgehead atoms. The number of para-hydroxylation sites is 2. The van der Waals surface area contributed by atoms with Crippen molar-refractivity contribution in [3.8, 4) is 22.3 Å². The van der Waals surface area contributed by atoms with Crippen molar-refractivity contribution in [1.82, 2.24) is 0 Å². The molecule has 2 aliphatic rings. The molecule has 0 radical (unpaired) electrons. The molecule has 7 aromatic carbocycles. The Kier molecular flexibility index (Phi) is 8.18. The van der Waals surface area contributed by atoms with Crippen molar-refractivity contribution in [3.63, 3.8) is 0 Å². The zero-order valence-electron chi connectivity index (χ0n) is 29.0. The lowest BCUT2D eigenvalue weighted by molar-refractivity contribution is -0.149. The molecule has 7 aromatic rings. The Hall–Kier alpha value is -5.76. The van der Waals surface area contributed by atoms with Crippen LogP contribution in [0.4, 0.5) is 49.1 Å². The summed E-state index contributed by atoms with van der Waals surface area (Å²) in [5.41, 5.74) is 6.90. The van der Waals surface area contributed by atoms with Crippen molar-refractivity contribution < 1.29 is 26.3 Å². The van der Waals surface area contributed by atoms with Gasteiger partial charge >= 0.3 is 12.4 Å². The van der Waals surface area contributed by atoms with E-state index < -0.39 is 24.4 Å². The molecule has 0 saturated carbocycles. The minimum atomic E-state index is -4.47. The second-order valence-electron chi connectivity index (χ2n) is 14.1. The Bertz CT molecular complexity index is 2330. The highest BCUT2D eigenvalue weighted by atomic mass is 19.4. The summed E-state index contributed by atoms with van der Waals surface area (Å²) >= 11 is 0. The van der Waals surface area contributed by atoms with Crippen LogP contribution >= 0.6 is 0 Å². The average Bonchev–Trinajstić information content (AvgIpc) is 3.18. The van der Waals surface area contributed by atoms with E-state index in [1.165, 1.54) is 9.80 Å². The summed E-state index contributed by atoms with van der Waals surface area (Å²) in [6, 6.07) is 41.4. The fourth-order valence-electron chi connectivity index (χ4n) is 8.69. The number of nitrogens with zero attached hydrogens (tertiary/aromatic N) is 2. The Morgan fingerprint density at radius 1 is 0.407 bits per heavy atom. The fraction of sp³-hybridized carbons (Fsp3) is 0.174. The van der Waals surface area contributed by atoms with Crippen LogP contribution in [-0.4, -0.2) is 24.4 Å². The number of benzene rings is 7. The van der Waals surface area contributed by atoms with Gasteiger partial charge in [0.1, 0.15) is 12.1 Å². The normalized spacial score (nSPS) is 17.4. The minimum Gasteiger partial charge on any atom is -0.329 e. The highest BCUT2D eigenvalue weighted by Gasteiger charge is 2.47. The van der Waals surface area contributed by atoms with Gasteiger partial charge in [-0.1, -0.05) is 109 Å². The standard InChI is InChI=1S/C46H34F6N2/c47-45(48,49)41-25-19-29-11-7-9-17-39(29)53(41)33-22-24-36-37(27-33)43(31-13-3-1-4-14-31)35-23-21-34(28-38(35)44(36)32-15-5-2-6-16-32)54-40-18-10-8-12-30(40)20-26-42(54)46(50,51)52/h1-18,21-24,27-28,41-42H,19-20,25-26H2. The zero-order valence-corrected chi connectivity index (χ0v) is 29.0. The van der Waals surface area contributed by atoms with E-state index in [-0.39, 0.29) is 12.8 Å². The predicted octanol–water partition coefficient (Wildman–Crippen LogP) is 13.4. The lowest BCUT2D eigenvalue weighted by Gasteiger charge is -2.40. The van der Waals surface area contributed by atoms with Crippen LogP contribution < -0.4 is 9.80 Å². The van der Waals surface area contributed by atoms with Crippen molar-refractivity contribution >= 4 is 44.3 Å². The first-order valence-corrected chi connectivity index (χ1v) is 18.1.